The van der Waals surface area contributed by atoms with Crippen molar-refractivity contribution in [3.63, 3.8) is 0 Å². The molecule has 14 heavy (non-hydrogen) atoms. The number of nitrogens with zero attached hydrogens (tertiary/aromatic N) is 1. The van der Waals surface area contributed by atoms with Gasteiger partial charge in [-0.3, -0.25) is 0 Å². The molecule has 0 aliphatic carbocycles. The van der Waals surface area contributed by atoms with Gasteiger partial charge in [-0.25, -0.2) is 6.08 Å². The summed E-state index contributed by atoms with van der Waals surface area (Å²) in [5.74, 6) is 0. The molecule has 0 atom stereocenters. The van der Waals surface area contributed by atoms with Crippen LogP contribution in [0.2, 0.25) is 0 Å². The maximum Gasteiger partial charge on any atom is 0.0835 e. The molecule has 1 heterocycles. The molecule has 3 heteroatoms. The van der Waals surface area contributed by atoms with Crippen LogP contribution in [0.5, 0.6) is 0 Å². The standard InChI is InChI=1S/C11H19N2.Y/c1-8(2)11-6-10(5)12-7-13(11)9(3)4;/h9,12H,7H2,1-5H3;/q-1;. The maximum absolute atomic E-state index is 3.36. The average Bonchev–Trinajstić information content (AvgIpc) is 2.03. The molecule has 0 bridgehead atoms. The average molecular weight is 268 g/mol. The van der Waals surface area contributed by atoms with Crippen molar-refractivity contribution in [2.75, 3.05) is 6.67 Å². The van der Waals surface area contributed by atoms with E-state index in [1.165, 1.54) is 11.3 Å². The van der Waals surface area contributed by atoms with E-state index in [4.69, 9.17) is 0 Å². The van der Waals surface area contributed by atoms with Crippen molar-refractivity contribution >= 4 is 0 Å². The van der Waals surface area contributed by atoms with Gasteiger partial charge < -0.3 is 10.2 Å². The fraction of sp³-hybridized carbons (Fsp3) is 0.636. The fourth-order valence-corrected chi connectivity index (χ4v) is 1.43. The molecular weight excluding hydrogens is 249 g/mol. The summed E-state index contributed by atoms with van der Waals surface area (Å²) in [6.45, 7) is 11.6. The Morgan fingerprint density at radius 1 is 1.43 bits per heavy atom. The van der Waals surface area contributed by atoms with Gasteiger partial charge in [0, 0.05) is 38.8 Å². The van der Waals surface area contributed by atoms with Crippen molar-refractivity contribution < 1.29 is 32.7 Å². The van der Waals surface area contributed by atoms with Crippen LogP contribution in [-0.4, -0.2) is 17.6 Å². The zero-order valence-corrected chi connectivity index (χ0v) is 12.6. The Morgan fingerprint density at radius 3 is 2.43 bits per heavy atom. The summed E-state index contributed by atoms with van der Waals surface area (Å²) < 4.78 is 0. The zero-order valence-electron chi connectivity index (χ0n) is 9.81. The molecule has 0 saturated heterocycles. The van der Waals surface area contributed by atoms with Crippen LogP contribution in [0.3, 0.4) is 0 Å². The first kappa shape index (κ1) is 14.2. The molecule has 1 radical (unpaired) electrons. The molecule has 1 aliphatic heterocycles. The topological polar surface area (TPSA) is 15.3 Å². The molecule has 1 aliphatic rings. The van der Waals surface area contributed by atoms with Crippen molar-refractivity contribution in [1.29, 1.82) is 0 Å². The number of allylic oxidation sites excluding steroid dienone is 3. The first-order valence-electron chi connectivity index (χ1n) is 4.81. The van der Waals surface area contributed by atoms with E-state index in [1.54, 1.807) is 0 Å². The second-order valence-corrected chi connectivity index (χ2v) is 4.00. The van der Waals surface area contributed by atoms with Crippen molar-refractivity contribution in [2.45, 2.75) is 40.7 Å². The Bertz CT molecular complexity index is 250. The van der Waals surface area contributed by atoms with Gasteiger partial charge in [-0.15, -0.1) is 19.5 Å². The normalized spacial score (nSPS) is 16.0. The van der Waals surface area contributed by atoms with Gasteiger partial charge >= 0.3 is 0 Å². The van der Waals surface area contributed by atoms with E-state index in [1.807, 2.05) is 0 Å². The first-order chi connectivity index (χ1) is 6.02. The number of hydrogen-bond acceptors (Lipinski definition) is 2. The molecule has 0 saturated carbocycles. The maximum atomic E-state index is 3.36. The monoisotopic (exact) mass is 268 g/mol. The summed E-state index contributed by atoms with van der Waals surface area (Å²) in [5, 5.41) is 3.30. The molecule has 2 nitrogen and oxygen atoms in total. The number of hydrogen-bond donors (Lipinski definition) is 1. The molecule has 0 unspecified atom stereocenters. The SMILES string of the molecule is CC1=[C-]C(=C(C)C)N(C(C)C)CN1.[Y]. The first-order valence-corrected chi connectivity index (χ1v) is 4.81. The minimum absolute atomic E-state index is 0. The minimum atomic E-state index is 0. The van der Waals surface area contributed by atoms with Crippen LogP contribution in [-0.2, 0) is 32.7 Å². The zero-order chi connectivity index (χ0) is 10.0. The number of rotatable bonds is 1. The smallest absolute Gasteiger partial charge is 0.0835 e. The molecule has 0 aromatic rings. The van der Waals surface area contributed by atoms with E-state index >= 15 is 0 Å². The van der Waals surface area contributed by atoms with Crippen LogP contribution in [0.1, 0.15) is 34.6 Å². The van der Waals surface area contributed by atoms with Gasteiger partial charge in [-0.1, -0.05) is 5.70 Å². The summed E-state index contributed by atoms with van der Waals surface area (Å²) in [4.78, 5) is 2.32. The fourth-order valence-electron chi connectivity index (χ4n) is 1.43. The van der Waals surface area contributed by atoms with E-state index < -0.39 is 0 Å². The summed E-state index contributed by atoms with van der Waals surface area (Å²) in [6.07, 6.45) is 3.36. The summed E-state index contributed by atoms with van der Waals surface area (Å²) in [6, 6.07) is 0.526. The van der Waals surface area contributed by atoms with E-state index in [2.05, 4.69) is 50.9 Å². The van der Waals surface area contributed by atoms with Gasteiger partial charge in [0.25, 0.3) is 0 Å². The van der Waals surface area contributed by atoms with E-state index in [0.29, 0.717) is 6.04 Å². The Morgan fingerprint density at radius 2 is 2.00 bits per heavy atom. The van der Waals surface area contributed by atoms with Crippen LogP contribution in [0.15, 0.2) is 17.0 Å². The van der Waals surface area contributed by atoms with Crippen molar-refractivity contribution in [1.82, 2.24) is 10.2 Å². The Kier molecular flexibility index (Phi) is 6.00. The second-order valence-electron chi connectivity index (χ2n) is 4.00. The quantitative estimate of drug-likeness (QED) is 0.734. The van der Waals surface area contributed by atoms with Gasteiger partial charge in [0.2, 0.25) is 0 Å². The molecule has 0 spiro atoms. The van der Waals surface area contributed by atoms with E-state index in [-0.39, 0.29) is 32.7 Å². The largest absolute Gasteiger partial charge is 0.388 e. The summed E-state index contributed by atoms with van der Waals surface area (Å²) in [5.41, 5.74) is 3.70. The molecule has 0 aromatic heterocycles. The second kappa shape index (κ2) is 5.92. The van der Waals surface area contributed by atoms with Crippen LogP contribution < -0.4 is 5.32 Å². The van der Waals surface area contributed by atoms with Crippen LogP contribution in [0.4, 0.5) is 0 Å². The molecule has 0 aromatic carbocycles. The van der Waals surface area contributed by atoms with Crippen molar-refractivity contribution in [2.24, 2.45) is 0 Å². The third-order valence-corrected chi connectivity index (χ3v) is 2.20. The van der Waals surface area contributed by atoms with Gasteiger partial charge in [0.05, 0.1) is 6.67 Å². The third kappa shape index (κ3) is 3.40. The molecular formula is C11H19N2Y-. The van der Waals surface area contributed by atoms with Crippen LogP contribution in [0.25, 0.3) is 0 Å². The molecule has 0 amide bonds. The predicted molar refractivity (Wildman–Crippen MR) is 55.8 cm³/mol. The van der Waals surface area contributed by atoms with Crippen LogP contribution >= 0.6 is 0 Å². The van der Waals surface area contributed by atoms with Crippen molar-refractivity contribution in [3.8, 4) is 0 Å². The summed E-state index contributed by atoms with van der Waals surface area (Å²) >= 11 is 0. The Hall–Kier alpha value is 0.184. The van der Waals surface area contributed by atoms with Crippen molar-refractivity contribution in [3.05, 3.63) is 23.0 Å². The van der Waals surface area contributed by atoms with Gasteiger partial charge in [-0.2, -0.15) is 5.57 Å². The van der Waals surface area contributed by atoms with E-state index in [9.17, 15) is 0 Å². The molecule has 1 rings (SSSR count). The minimum Gasteiger partial charge on any atom is -0.388 e. The van der Waals surface area contributed by atoms with E-state index in [0.717, 1.165) is 12.4 Å². The Labute approximate surface area is 113 Å². The van der Waals surface area contributed by atoms with Gasteiger partial charge in [0.15, 0.2) is 0 Å². The Balaban J connectivity index is 0.00000169. The predicted octanol–water partition coefficient (Wildman–Crippen LogP) is 2.26. The molecule has 0 fully saturated rings. The molecule has 77 valence electrons. The third-order valence-electron chi connectivity index (χ3n) is 2.20. The van der Waals surface area contributed by atoms with Crippen LogP contribution in [0, 0.1) is 6.08 Å². The van der Waals surface area contributed by atoms with Gasteiger partial charge in [0.1, 0.15) is 0 Å². The molecule has 1 N–H and O–H groups in total. The number of nitrogens with one attached hydrogen (secondary N) is 1. The summed E-state index contributed by atoms with van der Waals surface area (Å²) in [7, 11) is 0. The van der Waals surface area contributed by atoms with Gasteiger partial charge in [-0.05, 0) is 20.8 Å².